The second-order valence-corrected chi connectivity index (χ2v) is 5.73. The van der Waals surface area contributed by atoms with E-state index in [-0.39, 0.29) is 18.4 Å². The minimum absolute atomic E-state index is 0.129. The number of carbonyl (C=O) groups excluding carboxylic acids is 1. The van der Waals surface area contributed by atoms with E-state index in [1.807, 2.05) is 19.1 Å². The summed E-state index contributed by atoms with van der Waals surface area (Å²) in [5, 5.41) is -4.92. The summed E-state index contributed by atoms with van der Waals surface area (Å²) in [6.45, 7) is 1.58. The molecule has 1 aliphatic rings. The van der Waals surface area contributed by atoms with Crippen molar-refractivity contribution in [3.8, 4) is 0 Å². The molecule has 0 aliphatic heterocycles. The Morgan fingerprint density at radius 3 is 2.50 bits per heavy atom. The standard InChI is InChI=1S/C10H14F2O5S/c1-7-4-2-3-5-8(7)6-17-9(13)10(11,12)18(14,15)16/h2-3,7-8H,4-6H2,1H3,(H,14,15,16). The lowest BCUT2D eigenvalue weighted by molar-refractivity contribution is -0.163. The Balaban J connectivity index is 2.59. The van der Waals surface area contributed by atoms with E-state index in [4.69, 9.17) is 4.55 Å². The van der Waals surface area contributed by atoms with Gasteiger partial charge in [-0.2, -0.15) is 17.2 Å². The normalized spacial score (nSPS) is 24.9. The van der Waals surface area contributed by atoms with E-state index in [9.17, 15) is 22.0 Å². The third-order valence-electron chi connectivity index (χ3n) is 2.91. The van der Waals surface area contributed by atoms with Crippen molar-refractivity contribution >= 4 is 16.1 Å². The summed E-state index contributed by atoms with van der Waals surface area (Å²) in [4.78, 5) is 10.9. The van der Waals surface area contributed by atoms with E-state index in [2.05, 4.69) is 4.74 Å². The van der Waals surface area contributed by atoms with Crippen LogP contribution in [-0.4, -0.2) is 30.8 Å². The van der Waals surface area contributed by atoms with Crippen LogP contribution in [0, 0.1) is 11.8 Å². The largest absolute Gasteiger partial charge is 0.465 e. The number of hydrogen-bond acceptors (Lipinski definition) is 4. The van der Waals surface area contributed by atoms with Crippen molar-refractivity contribution in [3.05, 3.63) is 12.2 Å². The van der Waals surface area contributed by atoms with Gasteiger partial charge in [-0.15, -0.1) is 0 Å². The molecule has 0 aromatic rings. The molecule has 0 aromatic heterocycles. The third kappa shape index (κ3) is 3.26. The van der Waals surface area contributed by atoms with Crippen molar-refractivity contribution in [1.82, 2.24) is 0 Å². The first kappa shape index (κ1) is 15.0. The van der Waals surface area contributed by atoms with Crippen LogP contribution in [0.1, 0.15) is 19.8 Å². The van der Waals surface area contributed by atoms with Gasteiger partial charge in [0.2, 0.25) is 0 Å². The molecule has 104 valence electrons. The molecule has 1 aliphatic carbocycles. The fraction of sp³-hybridized carbons (Fsp3) is 0.700. The highest BCUT2D eigenvalue weighted by Gasteiger charge is 2.54. The van der Waals surface area contributed by atoms with Gasteiger partial charge in [0.15, 0.2) is 0 Å². The molecule has 0 heterocycles. The van der Waals surface area contributed by atoms with Crippen LogP contribution in [0.4, 0.5) is 8.78 Å². The van der Waals surface area contributed by atoms with Crippen LogP contribution in [0.3, 0.4) is 0 Å². The van der Waals surface area contributed by atoms with Gasteiger partial charge in [0.1, 0.15) is 0 Å². The average Bonchev–Trinajstić information content (AvgIpc) is 2.26. The molecule has 0 radical (unpaired) electrons. The van der Waals surface area contributed by atoms with Gasteiger partial charge in [0.05, 0.1) is 6.61 Å². The highest BCUT2D eigenvalue weighted by molar-refractivity contribution is 7.87. The van der Waals surface area contributed by atoms with E-state index in [1.165, 1.54) is 0 Å². The molecular formula is C10H14F2O5S. The molecule has 0 saturated heterocycles. The summed E-state index contributed by atoms with van der Waals surface area (Å²) in [6.07, 6.45) is 5.11. The van der Waals surface area contributed by atoms with Gasteiger partial charge in [-0.1, -0.05) is 19.1 Å². The predicted octanol–water partition coefficient (Wildman–Crippen LogP) is 1.61. The minimum atomic E-state index is -5.79. The molecule has 8 heteroatoms. The number of carbonyl (C=O) groups is 1. The van der Waals surface area contributed by atoms with E-state index in [1.54, 1.807) is 0 Å². The summed E-state index contributed by atoms with van der Waals surface area (Å²) in [5.41, 5.74) is 0. The topological polar surface area (TPSA) is 80.7 Å². The molecule has 18 heavy (non-hydrogen) atoms. The number of allylic oxidation sites excluding steroid dienone is 2. The zero-order valence-electron chi connectivity index (χ0n) is 9.68. The van der Waals surface area contributed by atoms with Crippen LogP contribution in [0.5, 0.6) is 0 Å². The van der Waals surface area contributed by atoms with Crippen LogP contribution in [-0.2, 0) is 19.6 Å². The van der Waals surface area contributed by atoms with Crippen LogP contribution < -0.4 is 0 Å². The highest BCUT2D eigenvalue weighted by atomic mass is 32.2. The fourth-order valence-corrected chi connectivity index (χ4v) is 1.88. The van der Waals surface area contributed by atoms with Crippen molar-refractivity contribution < 1.29 is 31.3 Å². The molecular weight excluding hydrogens is 270 g/mol. The zero-order chi connectivity index (χ0) is 14.0. The summed E-state index contributed by atoms with van der Waals surface area (Å²) in [7, 11) is -5.79. The van der Waals surface area contributed by atoms with Gasteiger partial charge in [-0.25, -0.2) is 4.79 Å². The van der Waals surface area contributed by atoms with Crippen molar-refractivity contribution in [1.29, 1.82) is 0 Å². The van der Waals surface area contributed by atoms with E-state index < -0.39 is 21.3 Å². The minimum Gasteiger partial charge on any atom is -0.460 e. The molecule has 1 N–H and O–H groups in total. The van der Waals surface area contributed by atoms with Crippen molar-refractivity contribution in [2.45, 2.75) is 25.0 Å². The maximum Gasteiger partial charge on any atom is 0.465 e. The molecule has 1 rings (SSSR count). The summed E-state index contributed by atoms with van der Waals surface area (Å²) in [5.74, 6) is -2.22. The highest BCUT2D eigenvalue weighted by Crippen LogP contribution is 2.27. The molecule has 0 bridgehead atoms. The SMILES string of the molecule is CC1CC=CCC1COC(=O)C(F)(F)S(=O)(=O)O. The summed E-state index contributed by atoms with van der Waals surface area (Å²) in [6, 6.07) is 0. The Hall–Kier alpha value is -1.02. The Bertz CT molecular complexity index is 443. The number of hydrogen-bond donors (Lipinski definition) is 1. The number of esters is 1. The Labute approximate surface area is 104 Å². The lowest BCUT2D eigenvalue weighted by Crippen LogP contribution is -2.40. The zero-order valence-corrected chi connectivity index (χ0v) is 10.5. The molecule has 0 aromatic carbocycles. The van der Waals surface area contributed by atoms with Gasteiger partial charge in [-0.05, 0) is 24.7 Å². The predicted molar refractivity (Wildman–Crippen MR) is 58.5 cm³/mol. The van der Waals surface area contributed by atoms with Gasteiger partial charge in [0.25, 0.3) is 0 Å². The number of halogens is 2. The van der Waals surface area contributed by atoms with Crippen LogP contribution in [0.15, 0.2) is 12.2 Å². The van der Waals surface area contributed by atoms with Crippen LogP contribution >= 0.6 is 0 Å². The number of ether oxygens (including phenoxy) is 1. The van der Waals surface area contributed by atoms with Gasteiger partial charge < -0.3 is 4.74 Å². The van der Waals surface area contributed by atoms with Crippen LogP contribution in [0.2, 0.25) is 0 Å². The fourth-order valence-electron chi connectivity index (χ4n) is 1.61. The van der Waals surface area contributed by atoms with Gasteiger partial charge in [0, 0.05) is 0 Å². The Morgan fingerprint density at radius 1 is 1.44 bits per heavy atom. The first-order chi connectivity index (χ1) is 8.16. The van der Waals surface area contributed by atoms with Crippen molar-refractivity contribution in [2.75, 3.05) is 6.61 Å². The van der Waals surface area contributed by atoms with E-state index in [0.717, 1.165) is 6.42 Å². The van der Waals surface area contributed by atoms with E-state index >= 15 is 0 Å². The average molecular weight is 284 g/mol. The lowest BCUT2D eigenvalue weighted by Gasteiger charge is -2.25. The summed E-state index contributed by atoms with van der Waals surface area (Å²) >= 11 is 0. The Kier molecular flexibility index (Phi) is 4.44. The van der Waals surface area contributed by atoms with E-state index in [0.29, 0.717) is 6.42 Å². The lowest BCUT2D eigenvalue weighted by atomic mass is 9.85. The second kappa shape index (κ2) is 5.31. The molecule has 0 amide bonds. The number of alkyl halides is 2. The molecule has 0 spiro atoms. The van der Waals surface area contributed by atoms with Gasteiger partial charge in [-0.3, -0.25) is 4.55 Å². The quantitative estimate of drug-likeness (QED) is 0.482. The molecule has 0 fully saturated rings. The first-order valence-electron chi connectivity index (χ1n) is 5.33. The monoisotopic (exact) mass is 284 g/mol. The summed E-state index contributed by atoms with van der Waals surface area (Å²) < 4.78 is 58.8. The van der Waals surface area contributed by atoms with Gasteiger partial charge >= 0.3 is 21.3 Å². The van der Waals surface area contributed by atoms with Crippen LogP contribution in [0.25, 0.3) is 0 Å². The maximum atomic E-state index is 12.8. The molecule has 2 atom stereocenters. The molecule has 0 saturated carbocycles. The second-order valence-electron chi connectivity index (χ2n) is 4.27. The Morgan fingerprint density at radius 2 is 2.00 bits per heavy atom. The maximum absolute atomic E-state index is 12.8. The smallest absolute Gasteiger partial charge is 0.460 e. The third-order valence-corrected chi connectivity index (χ3v) is 3.72. The van der Waals surface area contributed by atoms with Crippen molar-refractivity contribution in [2.24, 2.45) is 11.8 Å². The molecule has 2 unspecified atom stereocenters. The molecule has 5 nitrogen and oxygen atoms in total. The van der Waals surface area contributed by atoms with Crippen molar-refractivity contribution in [3.63, 3.8) is 0 Å². The first-order valence-corrected chi connectivity index (χ1v) is 6.77. The number of rotatable bonds is 4.